The molecule has 3 rings (SSSR count). The highest BCUT2D eigenvalue weighted by molar-refractivity contribution is 5.79. The first-order chi connectivity index (χ1) is 13.1. The largest absolute Gasteiger partial charge is 0.493 e. The maximum atomic E-state index is 13.9. The molecule has 1 fully saturated rings. The van der Waals surface area contributed by atoms with Gasteiger partial charge in [-0.2, -0.15) is 0 Å². The molecule has 2 aromatic carbocycles. The average molecular weight is 372 g/mol. The molecule has 1 saturated heterocycles. The highest BCUT2D eigenvalue weighted by atomic mass is 19.1. The number of ether oxygens (including phenoxy) is 2. The fraction of sp³-hybridized carbons (Fsp3) is 0.300. The van der Waals surface area contributed by atoms with Gasteiger partial charge in [0.2, 0.25) is 0 Å². The lowest BCUT2D eigenvalue weighted by molar-refractivity contribution is -0.133. The molecule has 0 bridgehead atoms. The summed E-state index contributed by atoms with van der Waals surface area (Å²) in [6.07, 6.45) is 0.715. The minimum absolute atomic E-state index is 0.128. The number of anilines is 1. The molecule has 2 aromatic rings. The number of amides is 1. The number of carbonyl (C=O) groups is 2. The van der Waals surface area contributed by atoms with Gasteiger partial charge in [0.15, 0.2) is 18.1 Å². The third-order valence-electron chi connectivity index (χ3n) is 4.50. The Kier molecular flexibility index (Phi) is 5.90. The third kappa shape index (κ3) is 4.36. The van der Waals surface area contributed by atoms with Crippen LogP contribution in [0.3, 0.4) is 0 Å². The Labute approximate surface area is 157 Å². The highest BCUT2D eigenvalue weighted by Crippen LogP contribution is 2.27. The Bertz CT molecular complexity index is 819. The lowest BCUT2D eigenvalue weighted by Crippen LogP contribution is -2.50. The second kappa shape index (κ2) is 8.53. The molecule has 0 spiro atoms. The summed E-state index contributed by atoms with van der Waals surface area (Å²) in [5, 5.41) is 0. The van der Waals surface area contributed by atoms with Crippen molar-refractivity contribution in [1.82, 2.24) is 4.90 Å². The van der Waals surface area contributed by atoms with Crippen LogP contribution in [0.4, 0.5) is 10.1 Å². The summed E-state index contributed by atoms with van der Waals surface area (Å²) >= 11 is 0. The lowest BCUT2D eigenvalue weighted by atomic mass is 10.2. The fourth-order valence-electron chi connectivity index (χ4n) is 3.01. The van der Waals surface area contributed by atoms with Gasteiger partial charge in [-0.15, -0.1) is 0 Å². The number of halogens is 1. The number of hydrogen-bond acceptors (Lipinski definition) is 5. The first-order valence-electron chi connectivity index (χ1n) is 8.65. The first kappa shape index (κ1) is 18.7. The molecular formula is C20H21FN2O4. The SMILES string of the molecule is COc1cc(C=O)ccc1OCC(=O)N1CCN(c2ccccc2F)CC1. The van der Waals surface area contributed by atoms with Gasteiger partial charge in [0.1, 0.15) is 12.1 Å². The van der Waals surface area contributed by atoms with Gasteiger partial charge in [-0.3, -0.25) is 9.59 Å². The van der Waals surface area contributed by atoms with E-state index in [4.69, 9.17) is 9.47 Å². The molecule has 6 nitrogen and oxygen atoms in total. The zero-order valence-electron chi connectivity index (χ0n) is 15.1. The number of aldehydes is 1. The van der Waals surface area contributed by atoms with E-state index in [0.29, 0.717) is 55.2 Å². The van der Waals surface area contributed by atoms with Gasteiger partial charge in [0, 0.05) is 31.7 Å². The topological polar surface area (TPSA) is 59.1 Å². The Hall–Kier alpha value is -3.09. The van der Waals surface area contributed by atoms with Gasteiger partial charge < -0.3 is 19.3 Å². The van der Waals surface area contributed by atoms with Crippen LogP contribution in [0.15, 0.2) is 42.5 Å². The second-order valence-electron chi connectivity index (χ2n) is 6.14. The van der Waals surface area contributed by atoms with Crippen LogP contribution < -0.4 is 14.4 Å². The minimum Gasteiger partial charge on any atom is -0.493 e. The van der Waals surface area contributed by atoms with Crippen molar-refractivity contribution in [2.45, 2.75) is 0 Å². The summed E-state index contributed by atoms with van der Waals surface area (Å²) in [5.74, 6) is 0.398. The van der Waals surface area contributed by atoms with Gasteiger partial charge in [-0.05, 0) is 30.3 Å². The van der Waals surface area contributed by atoms with Crippen molar-refractivity contribution in [1.29, 1.82) is 0 Å². The summed E-state index contributed by atoms with van der Waals surface area (Å²) in [6.45, 7) is 1.99. The van der Waals surface area contributed by atoms with Gasteiger partial charge in [0.25, 0.3) is 5.91 Å². The molecule has 1 amide bonds. The number of nitrogens with zero attached hydrogens (tertiary/aromatic N) is 2. The summed E-state index contributed by atoms with van der Waals surface area (Å²) in [7, 11) is 1.47. The fourth-order valence-corrected chi connectivity index (χ4v) is 3.01. The van der Waals surface area contributed by atoms with E-state index >= 15 is 0 Å². The number of carbonyl (C=O) groups excluding carboxylic acids is 2. The van der Waals surface area contributed by atoms with Crippen LogP contribution >= 0.6 is 0 Å². The molecule has 0 aliphatic carbocycles. The van der Waals surface area contributed by atoms with Crippen molar-refractivity contribution in [2.24, 2.45) is 0 Å². The molecule has 0 aromatic heterocycles. The smallest absolute Gasteiger partial charge is 0.260 e. The average Bonchev–Trinajstić information content (AvgIpc) is 2.72. The van der Waals surface area contributed by atoms with E-state index < -0.39 is 0 Å². The minimum atomic E-state index is -0.258. The maximum Gasteiger partial charge on any atom is 0.260 e. The lowest BCUT2D eigenvalue weighted by Gasteiger charge is -2.36. The Morgan fingerprint density at radius 2 is 1.85 bits per heavy atom. The molecule has 0 radical (unpaired) electrons. The predicted octanol–water partition coefficient (Wildman–Crippen LogP) is 2.37. The van der Waals surface area contributed by atoms with Crippen molar-refractivity contribution in [3.05, 3.63) is 53.8 Å². The van der Waals surface area contributed by atoms with E-state index in [1.807, 2.05) is 4.90 Å². The zero-order chi connectivity index (χ0) is 19.2. The van der Waals surface area contributed by atoms with Gasteiger partial charge in [0.05, 0.1) is 12.8 Å². The van der Waals surface area contributed by atoms with E-state index in [0.717, 1.165) is 0 Å². The summed E-state index contributed by atoms with van der Waals surface area (Å²) in [4.78, 5) is 26.9. The number of benzene rings is 2. The molecule has 0 unspecified atom stereocenters. The van der Waals surface area contributed by atoms with Crippen LogP contribution in [-0.4, -0.2) is 57.0 Å². The van der Waals surface area contributed by atoms with E-state index in [2.05, 4.69) is 0 Å². The predicted molar refractivity (Wildman–Crippen MR) is 99.1 cm³/mol. The maximum absolute atomic E-state index is 13.9. The van der Waals surface area contributed by atoms with Crippen LogP contribution in [0.5, 0.6) is 11.5 Å². The van der Waals surface area contributed by atoms with Crippen LogP contribution in [-0.2, 0) is 4.79 Å². The van der Waals surface area contributed by atoms with Crippen LogP contribution in [0.2, 0.25) is 0 Å². The van der Waals surface area contributed by atoms with Crippen molar-refractivity contribution in [3.8, 4) is 11.5 Å². The van der Waals surface area contributed by atoms with E-state index in [1.54, 1.807) is 41.3 Å². The molecule has 1 aliphatic rings. The van der Waals surface area contributed by atoms with Crippen molar-refractivity contribution in [2.75, 3.05) is 44.8 Å². The zero-order valence-corrected chi connectivity index (χ0v) is 15.1. The second-order valence-corrected chi connectivity index (χ2v) is 6.14. The van der Waals surface area contributed by atoms with Gasteiger partial charge >= 0.3 is 0 Å². The number of hydrogen-bond donors (Lipinski definition) is 0. The summed E-state index contributed by atoms with van der Waals surface area (Å²) < 4.78 is 24.6. The highest BCUT2D eigenvalue weighted by Gasteiger charge is 2.23. The quantitative estimate of drug-likeness (QED) is 0.729. The Morgan fingerprint density at radius 3 is 2.52 bits per heavy atom. The van der Waals surface area contributed by atoms with E-state index in [9.17, 15) is 14.0 Å². The van der Waals surface area contributed by atoms with Crippen molar-refractivity contribution >= 4 is 17.9 Å². The number of rotatable bonds is 6. The van der Waals surface area contributed by atoms with E-state index in [1.165, 1.54) is 13.2 Å². The molecule has 0 N–H and O–H groups in total. The summed E-state index contributed by atoms with van der Waals surface area (Å²) in [6, 6.07) is 11.4. The monoisotopic (exact) mass is 372 g/mol. The molecular weight excluding hydrogens is 351 g/mol. The number of methoxy groups -OCH3 is 1. The van der Waals surface area contributed by atoms with E-state index in [-0.39, 0.29) is 18.3 Å². The van der Waals surface area contributed by atoms with Crippen LogP contribution in [0.1, 0.15) is 10.4 Å². The normalized spacial score (nSPS) is 14.0. The third-order valence-corrected chi connectivity index (χ3v) is 4.50. The molecule has 7 heteroatoms. The van der Waals surface area contributed by atoms with Crippen molar-refractivity contribution < 1.29 is 23.5 Å². The van der Waals surface area contributed by atoms with Crippen LogP contribution in [0, 0.1) is 5.82 Å². The molecule has 142 valence electrons. The molecule has 0 atom stereocenters. The van der Waals surface area contributed by atoms with Gasteiger partial charge in [-0.25, -0.2) is 4.39 Å². The van der Waals surface area contributed by atoms with Crippen LogP contribution in [0.25, 0.3) is 0 Å². The first-order valence-corrected chi connectivity index (χ1v) is 8.65. The Morgan fingerprint density at radius 1 is 1.11 bits per heavy atom. The standard InChI is InChI=1S/C20H21FN2O4/c1-26-19-12-15(13-24)6-7-18(19)27-14-20(25)23-10-8-22(9-11-23)17-5-3-2-4-16(17)21/h2-7,12-13H,8-11,14H2,1H3. The molecule has 1 aliphatic heterocycles. The molecule has 1 heterocycles. The number of para-hydroxylation sites is 1. The Balaban J connectivity index is 1.54. The summed E-state index contributed by atoms with van der Waals surface area (Å²) in [5.41, 5.74) is 1.02. The number of piperazine rings is 1. The van der Waals surface area contributed by atoms with Gasteiger partial charge in [-0.1, -0.05) is 12.1 Å². The van der Waals surface area contributed by atoms with Crippen molar-refractivity contribution in [3.63, 3.8) is 0 Å². The molecule has 27 heavy (non-hydrogen) atoms. The molecule has 0 saturated carbocycles.